The summed E-state index contributed by atoms with van der Waals surface area (Å²) in [4.78, 5) is 4.56. The molecule has 0 atom stereocenters. The van der Waals surface area contributed by atoms with E-state index in [0.29, 0.717) is 32.1 Å². The van der Waals surface area contributed by atoms with Gasteiger partial charge in [-0.25, -0.2) is 4.98 Å². The minimum absolute atomic E-state index is 0.457. The van der Waals surface area contributed by atoms with Crippen molar-refractivity contribution in [3.63, 3.8) is 0 Å². The average Bonchev–Trinajstić information content (AvgIpc) is 3.18. The molecular formula is C20H14Cl2N2O2S. The maximum Gasteiger partial charge on any atom is 0.161 e. The molecule has 0 N–H and O–H groups in total. The highest BCUT2D eigenvalue weighted by Gasteiger charge is 2.11. The quantitative estimate of drug-likeness (QED) is 0.464. The van der Waals surface area contributed by atoms with Crippen LogP contribution >= 0.6 is 34.5 Å². The number of allylic oxidation sites excluding steroid dienone is 1. The third-order valence-corrected chi connectivity index (χ3v) is 5.40. The first-order valence-corrected chi connectivity index (χ1v) is 9.44. The molecule has 0 saturated carbocycles. The van der Waals surface area contributed by atoms with Crippen LogP contribution in [-0.2, 0) is 0 Å². The van der Waals surface area contributed by atoms with Gasteiger partial charge in [0.2, 0.25) is 0 Å². The summed E-state index contributed by atoms with van der Waals surface area (Å²) in [5, 5.41) is 13.0. The van der Waals surface area contributed by atoms with Gasteiger partial charge in [0.25, 0.3) is 0 Å². The molecule has 136 valence electrons. The third-order valence-electron chi connectivity index (χ3n) is 3.79. The van der Waals surface area contributed by atoms with Gasteiger partial charge in [0, 0.05) is 10.9 Å². The van der Waals surface area contributed by atoms with Crippen LogP contribution in [0, 0.1) is 11.3 Å². The zero-order valence-corrected chi connectivity index (χ0v) is 16.8. The number of benzene rings is 2. The molecule has 1 aromatic heterocycles. The Bertz CT molecular complexity index is 1050. The highest BCUT2D eigenvalue weighted by atomic mass is 35.5. The van der Waals surface area contributed by atoms with Gasteiger partial charge >= 0.3 is 0 Å². The predicted octanol–water partition coefficient (Wildman–Crippen LogP) is 6.20. The van der Waals surface area contributed by atoms with Gasteiger partial charge in [0.15, 0.2) is 11.5 Å². The number of hydrogen-bond donors (Lipinski definition) is 0. The van der Waals surface area contributed by atoms with Crippen molar-refractivity contribution in [2.24, 2.45) is 0 Å². The molecule has 2 aromatic carbocycles. The standard InChI is InChI=1S/C20H14Cl2N2O2S/c1-25-18-6-3-12(8-19(18)26-2)7-14(10-23)20-24-17(11-27-20)13-4-5-15(21)16(22)9-13/h3-9,11H,1-2H3. The summed E-state index contributed by atoms with van der Waals surface area (Å²) in [5.74, 6) is 1.23. The lowest BCUT2D eigenvalue weighted by Crippen LogP contribution is -1.91. The number of halogens is 2. The van der Waals surface area contributed by atoms with E-state index < -0.39 is 0 Å². The van der Waals surface area contributed by atoms with E-state index in [-0.39, 0.29) is 0 Å². The molecule has 0 fully saturated rings. The van der Waals surface area contributed by atoms with Gasteiger partial charge in [-0.05, 0) is 35.9 Å². The highest BCUT2D eigenvalue weighted by molar-refractivity contribution is 7.11. The van der Waals surface area contributed by atoms with E-state index >= 15 is 0 Å². The average molecular weight is 417 g/mol. The Morgan fingerprint density at radius 2 is 1.85 bits per heavy atom. The molecule has 0 radical (unpaired) electrons. The van der Waals surface area contributed by atoms with E-state index in [1.807, 2.05) is 23.6 Å². The lowest BCUT2D eigenvalue weighted by atomic mass is 10.1. The smallest absolute Gasteiger partial charge is 0.161 e. The van der Waals surface area contributed by atoms with E-state index in [0.717, 1.165) is 16.8 Å². The normalized spacial score (nSPS) is 11.1. The molecule has 0 saturated heterocycles. The summed E-state index contributed by atoms with van der Waals surface area (Å²) in [6.07, 6.45) is 1.76. The molecule has 4 nitrogen and oxygen atoms in total. The Labute approximate surface area is 171 Å². The van der Waals surface area contributed by atoms with Crippen LogP contribution in [0.3, 0.4) is 0 Å². The van der Waals surface area contributed by atoms with Crippen molar-refractivity contribution in [2.45, 2.75) is 0 Å². The fourth-order valence-corrected chi connectivity index (χ4v) is 3.53. The second kappa shape index (κ2) is 8.45. The van der Waals surface area contributed by atoms with Crippen LogP contribution < -0.4 is 9.47 Å². The van der Waals surface area contributed by atoms with Crippen molar-refractivity contribution < 1.29 is 9.47 Å². The lowest BCUT2D eigenvalue weighted by molar-refractivity contribution is 0.355. The summed E-state index contributed by atoms with van der Waals surface area (Å²) in [5.41, 5.74) is 2.85. The zero-order valence-electron chi connectivity index (χ0n) is 14.5. The van der Waals surface area contributed by atoms with E-state index in [2.05, 4.69) is 11.1 Å². The lowest BCUT2D eigenvalue weighted by Gasteiger charge is -2.07. The van der Waals surface area contributed by atoms with Gasteiger partial charge in [0.1, 0.15) is 11.1 Å². The maximum absolute atomic E-state index is 9.58. The molecule has 0 aliphatic heterocycles. The SMILES string of the molecule is COc1ccc(C=C(C#N)c2nc(-c3ccc(Cl)c(Cl)c3)cs2)cc1OC. The molecule has 0 bridgehead atoms. The van der Waals surface area contributed by atoms with E-state index in [1.54, 1.807) is 38.5 Å². The van der Waals surface area contributed by atoms with Crippen molar-refractivity contribution >= 4 is 46.2 Å². The van der Waals surface area contributed by atoms with Crippen LogP contribution in [0.4, 0.5) is 0 Å². The molecule has 3 aromatic rings. The van der Waals surface area contributed by atoms with E-state index in [9.17, 15) is 5.26 Å². The van der Waals surface area contributed by atoms with Crippen molar-refractivity contribution in [1.29, 1.82) is 5.26 Å². The number of aromatic nitrogens is 1. The van der Waals surface area contributed by atoms with Crippen LogP contribution in [-0.4, -0.2) is 19.2 Å². The number of hydrogen-bond acceptors (Lipinski definition) is 5. The monoisotopic (exact) mass is 416 g/mol. The van der Waals surface area contributed by atoms with Crippen LogP contribution in [0.5, 0.6) is 11.5 Å². The van der Waals surface area contributed by atoms with Crippen LogP contribution in [0.2, 0.25) is 10.0 Å². The number of rotatable bonds is 5. The molecule has 3 rings (SSSR count). The third kappa shape index (κ3) is 4.25. The fourth-order valence-electron chi connectivity index (χ4n) is 2.44. The van der Waals surface area contributed by atoms with Crippen molar-refractivity contribution in [3.05, 3.63) is 62.4 Å². The van der Waals surface area contributed by atoms with E-state index in [1.165, 1.54) is 11.3 Å². The molecular weight excluding hydrogens is 403 g/mol. The second-order valence-corrected chi connectivity index (χ2v) is 7.12. The summed E-state index contributed by atoms with van der Waals surface area (Å²) in [7, 11) is 3.15. The first-order valence-electron chi connectivity index (χ1n) is 7.81. The van der Waals surface area contributed by atoms with Crippen molar-refractivity contribution in [3.8, 4) is 28.8 Å². The van der Waals surface area contributed by atoms with Crippen LogP contribution in [0.1, 0.15) is 10.6 Å². The Morgan fingerprint density at radius 1 is 1.07 bits per heavy atom. The summed E-state index contributed by atoms with van der Waals surface area (Å²) in [6.45, 7) is 0. The fraction of sp³-hybridized carbons (Fsp3) is 0.100. The van der Waals surface area contributed by atoms with Crippen LogP contribution in [0.15, 0.2) is 41.8 Å². The van der Waals surface area contributed by atoms with Gasteiger partial charge in [-0.3, -0.25) is 0 Å². The Morgan fingerprint density at radius 3 is 2.52 bits per heavy atom. The van der Waals surface area contributed by atoms with Crippen LogP contribution in [0.25, 0.3) is 22.9 Å². The summed E-state index contributed by atoms with van der Waals surface area (Å²) >= 11 is 13.4. The maximum atomic E-state index is 9.58. The van der Waals surface area contributed by atoms with Gasteiger partial charge in [-0.1, -0.05) is 35.3 Å². The Kier molecular flexibility index (Phi) is 6.02. The summed E-state index contributed by atoms with van der Waals surface area (Å²) < 4.78 is 10.5. The Hall–Kier alpha value is -2.52. The first-order chi connectivity index (χ1) is 13.0. The number of thiazole rings is 1. The minimum Gasteiger partial charge on any atom is -0.493 e. The zero-order chi connectivity index (χ0) is 19.4. The molecule has 7 heteroatoms. The molecule has 0 aliphatic rings. The molecule has 0 unspecified atom stereocenters. The predicted molar refractivity (Wildman–Crippen MR) is 111 cm³/mol. The Balaban J connectivity index is 1.95. The largest absolute Gasteiger partial charge is 0.493 e. The topological polar surface area (TPSA) is 55.1 Å². The van der Waals surface area contributed by atoms with Gasteiger partial charge in [-0.15, -0.1) is 11.3 Å². The number of ether oxygens (including phenoxy) is 2. The number of methoxy groups -OCH3 is 2. The minimum atomic E-state index is 0.457. The number of nitriles is 1. The molecule has 0 spiro atoms. The molecule has 0 aliphatic carbocycles. The summed E-state index contributed by atoms with van der Waals surface area (Å²) in [6, 6.07) is 13.0. The van der Waals surface area contributed by atoms with Gasteiger partial charge < -0.3 is 9.47 Å². The second-order valence-electron chi connectivity index (χ2n) is 5.45. The molecule has 0 amide bonds. The number of nitrogens with zero attached hydrogens (tertiary/aromatic N) is 2. The van der Waals surface area contributed by atoms with E-state index in [4.69, 9.17) is 32.7 Å². The van der Waals surface area contributed by atoms with Crippen molar-refractivity contribution in [1.82, 2.24) is 4.98 Å². The molecule has 1 heterocycles. The van der Waals surface area contributed by atoms with Gasteiger partial charge in [-0.2, -0.15) is 5.26 Å². The van der Waals surface area contributed by atoms with Crippen molar-refractivity contribution in [2.75, 3.05) is 14.2 Å². The van der Waals surface area contributed by atoms with Gasteiger partial charge in [0.05, 0.1) is 35.5 Å². The molecule has 27 heavy (non-hydrogen) atoms. The first kappa shape index (κ1) is 19.2. The highest BCUT2D eigenvalue weighted by Crippen LogP contribution is 2.32.